The minimum atomic E-state index is -0.221. The molecule has 0 spiro atoms. The van der Waals surface area contributed by atoms with Gasteiger partial charge in [0.2, 0.25) is 0 Å². The molecule has 0 amide bonds. The van der Waals surface area contributed by atoms with Crippen molar-refractivity contribution in [2.75, 3.05) is 5.32 Å². The third-order valence-electron chi connectivity index (χ3n) is 4.53. The molecular weight excluding hydrogens is 268 g/mol. The Kier molecular flexibility index (Phi) is 2.81. The molecule has 1 nitrogen and oxygen atoms in total. The molecule has 106 valence electrons. The molecule has 0 saturated heterocycles. The Morgan fingerprint density at radius 3 is 2.71 bits per heavy atom. The highest BCUT2D eigenvalue weighted by Crippen LogP contribution is 2.49. The summed E-state index contributed by atoms with van der Waals surface area (Å²) in [4.78, 5) is 0. The molecule has 1 aliphatic heterocycles. The van der Waals surface area contributed by atoms with Crippen molar-refractivity contribution in [3.05, 3.63) is 77.4 Å². The molecule has 4 rings (SSSR count). The van der Waals surface area contributed by atoms with Gasteiger partial charge in [-0.25, -0.2) is 8.78 Å². The zero-order valence-electron chi connectivity index (χ0n) is 11.4. The van der Waals surface area contributed by atoms with Gasteiger partial charge in [0.25, 0.3) is 0 Å². The summed E-state index contributed by atoms with van der Waals surface area (Å²) in [5.74, 6) is 0.0758. The van der Waals surface area contributed by atoms with Crippen molar-refractivity contribution in [3.8, 4) is 0 Å². The van der Waals surface area contributed by atoms with Gasteiger partial charge in [0.05, 0.1) is 6.04 Å². The van der Waals surface area contributed by atoms with Crippen molar-refractivity contribution in [3.63, 3.8) is 0 Å². The Bertz CT molecular complexity index is 723. The van der Waals surface area contributed by atoms with E-state index >= 15 is 0 Å². The van der Waals surface area contributed by atoms with Crippen molar-refractivity contribution in [1.29, 1.82) is 0 Å². The molecule has 1 heterocycles. The molecule has 0 saturated carbocycles. The topological polar surface area (TPSA) is 12.0 Å². The minimum Gasteiger partial charge on any atom is -0.378 e. The molecule has 1 aliphatic carbocycles. The second kappa shape index (κ2) is 4.69. The highest BCUT2D eigenvalue weighted by Gasteiger charge is 2.38. The summed E-state index contributed by atoms with van der Waals surface area (Å²) in [5, 5.41) is 3.47. The van der Waals surface area contributed by atoms with Crippen LogP contribution < -0.4 is 5.32 Å². The molecule has 1 N–H and O–H groups in total. The number of benzene rings is 2. The van der Waals surface area contributed by atoms with E-state index in [9.17, 15) is 8.78 Å². The predicted octanol–water partition coefficient (Wildman–Crippen LogP) is 4.79. The van der Waals surface area contributed by atoms with Gasteiger partial charge >= 0.3 is 0 Å². The average molecular weight is 283 g/mol. The van der Waals surface area contributed by atoms with Gasteiger partial charge < -0.3 is 5.32 Å². The number of allylic oxidation sites excluding steroid dienone is 2. The summed E-state index contributed by atoms with van der Waals surface area (Å²) >= 11 is 0. The minimum absolute atomic E-state index is 0.0543. The maximum absolute atomic E-state index is 13.5. The van der Waals surface area contributed by atoms with E-state index in [-0.39, 0.29) is 23.6 Å². The summed E-state index contributed by atoms with van der Waals surface area (Å²) in [5.41, 5.74) is 2.89. The lowest BCUT2D eigenvalue weighted by molar-refractivity contribution is 0.422. The van der Waals surface area contributed by atoms with Crippen molar-refractivity contribution in [2.45, 2.75) is 18.4 Å². The van der Waals surface area contributed by atoms with Gasteiger partial charge in [-0.15, -0.1) is 0 Å². The smallest absolute Gasteiger partial charge is 0.123 e. The molecule has 0 aromatic heterocycles. The Labute approximate surface area is 122 Å². The predicted molar refractivity (Wildman–Crippen MR) is 79.2 cm³/mol. The monoisotopic (exact) mass is 283 g/mol. The highest BCUT2D eigenvalue weighted by molar-refractivity contribution is 5.59. The van der Waals surface area contributed by atoms with Crippen LogP contribution in [0.15, 0.2) is 54.6 Å². The summed E-state index contributed by atoms with van der Waals surface area (Å²) in [6.45, 7) is 0. The van der Waals surface area contributed by atoms with E-state index in [1.165, 1.54) is 12.1 Å². The van der Waals surface area contributed by atoms with Crippen molar-refractivity contribution >= 4 is 5.69 Å². The standard InChI is InChI=1S/C18H15F2N/c19-12-4-1-3-11(9-12)18-15-6-2-5-14(15)16-10-13(20)7-8-17(16)21-18/h1-5,7-10,14-15,18,21H,6H2/t14-,15-,18+/m1/s1. The maximum atomic E-state index is 13.5. The molecular formula is C18H15F2N. The third kappa shape index (κ3) is 2.04. The second-order valence-corrected chi connectivity index (χ2v) is 5.76. The lowest BCUT2D eigenvalue weighted by Crippen LogP contribution is -2.29. The maximum Gasteiger partial charge on any atom is 0.123 e. The normalized spacial score (nSPS) is 26.1. The lowest BCUT2D eigenvalue weighted by atomic mass is 9.77. The number of hydrogen-bond donors (Lipinski definition) is 1. The van der Waals surface area contributed by atoms with Gasteiger partial charge in [0.1, 0.15) is 11.6 Å². The van der Waals surface area contributed by atoms with Gasteiger partial charge in [-0.05, 0) is 53.8 Å². The van der Waals surface area contributed by atoms with Crippen LogP contribution in [0.4, 0.5) is 14.5 Å². The van der Waals surface area contributed by atoms with E-state index in [1.807, 2.05) is 6.07 Å². The molecule has 0 unspecified atom stereocenters. The van der Waals surface area contributed by atoms with Crippen LogP contribution in [0.3, 0.4) is 0 Å². The number of fused-ring (bicyclic) bond motifs is 3. The van der Waals surface area contributed by atoms with Crippen LogP contribution in [0.1, 0.15) is 29.5 Å². The fraction of sp³-hybridized carbons (Fsp3) is 0.222. The van der Waals surface area contributed by atoms with Crippen LogP contribution >= 0.6 is 0 Å². The van der Waals surface area contributed by atoms with Gasteiger partial charge in [0.15, 0.2) is 0 Å². The van der Waals surface area contributed by atoms with E-state index in [1.54, 1.807) is 24.3 Å². The van der Waals surface area contributed by atoms with Gasteiger partial charge in [-0.2, -0.15) is 0 Å². The third-order valence-corrected chi connectivity index (χ3v) is 4.53. The first-order valence-corrected chi connectivity index (χ1v) is 7.20. The quantitative estimate of drug-likeness (QED) is 0.742. The summed E-state index contributed by atoms with van der Waals surface area (Å²) < 4.78 is 27.0. The second-order valence-electron chi connectivity index (χ2n) is 5.76. The van der Waals surface area contributed by atoms with E-state index in [4.69, 9.17) is 0 Å². The number of halogens is 2. The van der Waals surface area contributed by atoms with E-state index < -0.39 is 0 Å². The molecule has 21 heavy (non-hydrogen) atoms. The first-order valence-electron chi connectivity index (χ1n) is 7.20. The SMILES string of the molecule is Fc1cccc([C@@H]2Nc3ccc(F)cc3[C@@H]3C=CC[C@H]32)c1. The Morgan fingerprint density at radius 2 is 1.86 bits per heavy atom. The van der Waals surface area contributed by atoms with Crippen molar-refractivity contribution in [2.24, 2.45) is 5.92 Å². The lowest BCUT2D eigenvalue weighted by Gasteiger charge is -2.37. The number of hydrogen-bond acceptors (Lipinski definition) is 1. The Morgan fingerprint density at radius 1 is 1.00 bits per heavy atom. The Balaban J connectivity index is 1.80. The summed E-state index contributed by atoms with van der Waals surface area (Å²) in [6, 6.07) is 11.6. The van der Waals surface area contributed by atoms with Crippen LogP contribution in [-0.2, 0) is 0 Å². The highest BCUT2D eigenvalue weighted by atomic mass is 19.1. The molecule has 2 aliphatic rings. The summed E-state index contributed by atoms with van der Waals surface area (Å²) in [7, 11) is 0. The molecule has 0 bridgehead atoms. The molecule has 3 heteroatoms. The van der Waals surface area contributed by atoms with Crippen LogP contribution in [0, 0.1) is 17.6 Å². The Hall–Kier alpha value is -2.16. The largest absolute Gasteiger partial charge is 0.378 e. The van der Waals surface area contributed by atoms with Gasteiger partial charge in [-0.3, -0.25) is 0 Å². The zero-order valence-corrected chi connectivity index (χ0v) is 11.4. The molecule has 0 fully saturated rings. The van der Waals surface area contributed by atoms with Crippen LogP contribution in [0.2, 0.25) is 0 Å². The first-order chi connectivity index (χ1) is 10.2. The van der Waals surface area contributed by atoms with Gasteiger partial charge in [0, 0.05) is 11.6 Å². The number of anilines is 1. The van der Waals surface area contributed by atoms with Crippen LogP contribution in [0.25, 0.3) is 0 Å². The van der Waals surface area contributed by atoms with E-state index in [2.05, 4.69) is 17.5 Å². The molecule has 2 aromatic carbocycles. The average Bonchev–Trinajstić information content (AvgIpc) is 2.96. The van der Waals surface area contributed by atoms with Crippen LogP contribution in [-0.4, -0.2) is 0 Å². The van der Waals surface area contributed by atoms with E-state index in [0.29, 0.717) is 5.92 Å². The zero-order chi connectivity index (χ0) is 14.4. The fourth-order valence-corrected chi connectivity index (χ4v) is 3.60. The number of nitrogens with one attached hydrogen (secondary N) is 1. The van der Waals surface area contributed by atoms with Gasteiger partial charge in [-0.1, -0.05) is 24.3 Å². The molecule has 2 aromatic rings. The first kappa shape index (κ1) is 12.6. The molecule has 0 radical (unpaired) electrons. The van der Waals surface area contributed by atoms with Crippen LogP contribution in [0.5, 0.6) is 0 Å². The van der Waals surface area contributed by atoms with Crippen molar-refractivity contribution in [1.82, 2.24) is 0 Å². The van der Waals surface area contributed by atoms with E-state index in [0.717, 1.165) is 23.2 Å². The van der Waals surface area contributed by atoms with Crippen molar-refractivity contribution < 1.29 is 8.78 Å². The summed E-state index contributed by atoms with van der Waals surface area (Å²) in [6.07, 6.45) is 5.22. The fourth-order valence-electron chi connectivity index (χ4n) is 3.60. The molecule has 3 atom stereocenters. The number of rotatable bonds is 1.